The van der Waals surface area contributed by atoms with Crippen molar-refractivity contribution in [1.82, 2.24) is 15.1 Å². The van der Waals surface area contributed by atoms with E-state index in [-0.39, 0.29) is 0 Å². The van der Waals surface area contributed by atoms with Crippen molar-refractivity contribution in [2.24, 2.45) is 11.5 Å². The van der Waals surface area contributed by atoms with Crippen LogP contribution < -0.4 is 16.8 Å². The normalized spacial score (nSPS) is 17.2. The Hall–Kier alpha value is -2.58. The molecule has 7 nitrogen and oxygen atoms in total. The third-order valence-electron chi connectivity index (χ3n) is 6.34. The predicted octanol–water partition coefficient (Wildman–Crippen LogP) is 2.83. The van der Waals surface area contributed by atoms with Gasteiger partial charge in [0.15, 0.2) is 0 Å². The molecule has 0 saturated carbocycles. The lowest BCUT2D eigenvalue weighted by Crippen LogP contribution is -2.30. The summed E-state index contributed by atoms with van der Waals surface area (Å²) < 4.78 is 0. The smallest absolute Gasteiger partial charge is 0.125 e. The highest BCUT2D eigenvalue weighted by atomic mass is 16.3. The summed E-state index contributed by atoms with van der Waals surface area (Å²) in [5.41, 5.74) is 17.3. The Morgan fingerprint density at radius 1 is 0.794 bits per heavy atom. The van der Waals surface area contributed by atoms with Gasteiger partial charge in [0.2, 0.25) is 0 Å². The second-order valence-electron chi connectivity index (χ2n) is 9.32. The molecule has 0 aliphatic carbocycles. The number of nitrogens with two attached hydrogens (primary N) is 2. The lowest BCUT2D eigenvalue weighted by atomic mass is 10.0. The van der Waals surface area contributed by atoms with Crippen LogP contribution in [0.4, 0.5) is 0 Å². The van der Waals surface area contributed by atoms with Crippen molar-refractivity contribution in [3.63, 3.8) is 0 Å². The van der Waals surface area contributed by atoms with Crippen LogP contribution in [0.1, 0.15) is 46.2 Å². The molecule has 0 spiro atoms. The van der Waals surface area contributed by atoms with E-state index < -0.39 is 0 Å². The maximum absolute atomic E-state index is 10.7. The van der Waals surface area contributed by atoms with E-state index in [1.165, 1.54) is 0 Å². The Kier molecular flexibility index (Phi) is 9.77. The number of benzene rings is 2. The van der Waals surface area contributed by atoms with Gasteiger partial charge >= 0.3 is 0 Å². The van der Waals surface area contributed by atoms with Gasteiger partial charge in [0.1, 0.15) is 11.5 Å². The summed E-state index contributed by atoms with van der Waals surface area (Å²) in [6.07, 6.45) is 6.40. The minimum absolute atomic E-state index is 0.304. The van der Waals surface area contributed by atoms with E-state index >= 15 is 0 Å². The van der Waals surface area contributed by atoms with Gasteiger partial charge in [0.25, 0.3) is 0 Å². The SMILES string of the molecule is Cc1cc(CN)c(O)c(CN2/C=C\CN(Cc3cc(C)cc(CN)c3O)CCCNCCC2)c1. The number of aryl methyl sites for hydroxylation is 2. The molecule has 0 saturated heterocycles. The summed E-state index contributed by atoms with van der Waals surface area (Å²) in [5, 5.41) is 24.9. The van der Waals surface area contributed by atoms with Crippen molar-refractivity contribution in [2.45, 2.75) is 52.9 Å². The first kappa shape index (κ1) is 26.0. The van der Waals surface area contributed by atoms with Crippen LogP contribution in [-0.2, 0) is 26.2 Å². The van der Waals surface area contributed by atoms with Crippen LogP contribution in [0.25, 0.3) is 0 Å². The minimum atomic E-state index is 0.304. The monoisotopic (exact) mass is 467 g/mol. The Bertz CT molecular complexity index is 976. The number of hydrogen-bond acceptors (Lipinski definition) is 7. The number of phenols is 2. The molecule has 186 valence electrons. The molecular weight excluding hydrogens is 426 g/mol. The zero-order valence-corrected chi connectivity index (χ0v) is 20.7. The summed E-state index contributed by atoms with van der Waals surface area (Å²) in [5.74, 6) is 0.617. The summed E-state index contributed by atoms with van der Waals surface area (Å²) in [6.45, 7) is 10.6. The van der Waals surface area contributed by atoms with Crippen molar-refractivity contribution >= 4 is 0 Å². The van der Waals surface area contributed by atoms with E-state index in [1.54, 1.807) is 0 Å². The Morgan fingerprint density at radius 3 is 1.91 bits per heavy atom. The molecular formula is C27H41N5O2. The average molecular weight is 468 g/mol. The van der Waals surface area contributed by atoms with E-state index in [2.05, 4.69) is 33.5 Å². The fourth-order valence-electron chi connectivity index (χ4n) is 4.63. The van der Waals surface area contributed by atoms with E-state index in [4.69, 9.17) is 11.5 Å². The standard InChI is InChI=1S/C27H41N5O2/c1-20-12-22(16-28)26(33)24(14-20)18-31-8-3-6-30-7-4-9-32(11-5-10-31)19-25-15-21(2)13-23(17-29)27(25)34/h5,10,12-15,30,33-34H,3-4,6-9,11,16-19,28-29H2,1-2H3/b10-5-. The lowest BCUT2D eigenvalue weighted by molar-refractivity contribution is 0.277. The van der Waals surface area contributed by atoms with Crippen LogP contribution in [0.15, 0.2) is 36.5 Å². The first-order valence-corrected chi connectivity index (χ1v) is 12.3. The van der Waals surface area contributed by atoms with Gasteiger partial charge in [-0.1, -0.05) is 41.5 Å². The number of hydrogen-bond donors (Lipinski definition) is 5. The van der Waals surface area contributed by atoms with Gasteiger partial charge in [-0.05, 0) is 46.0 Å². The van der Waals surface area contributed by atoms with Crippen LogP contribution in [0.5, 0.6) is 11.5 Å². The number of phenolic OH excluding ortho intramolecular Hbond substituents is 2. The van der Waals surface area contributed by atoms with Gasteiger partial charge in [0, 0.05) is 68.1 Å². The first-order chi connectivity index (χ1) is 16.4. The Balaban J connectivity index is 1.76. The van der Waals surface area contributed by atoms with Gasteiger partial charge < -0.3 is 31.9 Å². The van der Waals surface area contributed by atoms with Gasteiger partial charge in [-0.3, -0.25) is 4.90 Å². The largest absolute Gasteiger partial charge is 0.507 e. The lowest BCUT2D eigenvalue weighted by Gasteiger charge is -2.26. The fraction of sp³-hybridized carbons (Fsp3) is 0.481. The molecule has 0 unspecified atom stereocenters. The molecule has 7 N–H and O–H groups in total. The topological polar surface area (TPSA) is 111 Å². The predicted molar refractivity (Wildman–Crippen MR) is 138 cm³/mol. The Morgan fingerprint density at radius 2 is 1.32 bits per heavy atom. The molecule has 1 aliphatic heterocycles. The molecule has 3 rings (SSSR count). The number of nitrogens with zero attached hydrogens (tertiary/aromatic N) is 2. The molecule has 1 aliphatic rings. The van der Waals surface area contributed by atoms with Crippen molar-refractivity contribution < 1.29 is 10.2 Å². The van der Waals surface area contributed by atoms with Crippen molar-refractivity contribution in [2.75, 3.05) is 32.7 Å². The van der Waals surface area contributed by atoms with Gasteiger partial charge in [-0.25, -0.2) is 0 Å². The average Bonchev–Trinajstić information content (AvgIpc) is 2.80. The maximum Gasteiger partial charge on any atom is 0.125 e. The van der Waals surface area contributed by atoms with Crippen LogP contribution in [0, 0.1) is 13.8 Å². The minimum Gasteiger partial charge on any atom is -0.507 e. The molecule has 0 fully saturated rings. The second kappa shape index (κ2) is 12.8. The zero-order chi connectivity index (χ0) is 24.5. The van der Waals surface area contributed by atoms with E-state index in [0.29, 0.717) is 37.7 Å². The number of rotatable bonds is 6. The number of nitrogens with one attached hydrogen (secondary N) is 1. The highest BCUT2D eigenvalue weighted by Crippen LogP contribution is 2.27. The number of aromatic hydroxyl groups is 2. The van der Waals surface area contributed by atoms with Crippen LogP contribution in [0.3, 0.4) is 0 Å². The maximum atomic E-state index is 10.7. The molecule has 7 heteroatoms. The van der Waals surface area contributed by atoms with E-state index in [0.717, 1.165) is 78.9 Å². The van der Waals surface area contributed by atoms with Crippen molar-refractivity contribution in [3.05, 3.63) is 69.9 Å². The summed E-state index contributed by atoms with van der Waals surface area (Å²) in [4.78, 5) is 4.61. The molecule has 0 bridgehead atoms. The quantitative estimate of drug-likeness (QED) is 0.444. The summed E-state index contributed by atoms with van der Waals surface area (Å²) in [7, 11) is 0. The van der Waals surface area contributed by atoms with E-state index in [9.17, 15) is 10.2 Å². The fourth-order valence-corrected chi connectivity index (χ4v) is 4.63. The molecule has 0 amide bonds. The van der Waals surface area contributed by atoms with Gasteiger partial charge in [-0.2, -0.15) is 0 Å². The van der Waals surface area contributed by atoms with Gasteiger partial charge in [-0.15, -0.1) is 0 Å². The Labute approximate surface area is 204 Å². The molecule has 1 heterocycles. The second-order valence-corrected chi connectivity index (χ2v) is 9.32. The molecule has 0 aromatic heterocycles. The summed E-state index contributed by atoms with van der Waals surface area (Å²) >= 11 is 0. The van der Waals surface area contributed by atoms with Crippen molar-refractivity contribution in [1.29, 1.82) is 0 Å². The summed E-state index contributed by atoms with van der Waals surface area (Å²) in [6, 6.07) is 7.99. The first-order valence-electron chi connectivity index (χ1n) is 12.3. The zero-order valence-electron chi connectivity index (χ0n) is 20.7. The molecule has 2 aromatic carbocycles. The third kappa shape index (κ3) is 7.21. The van der Waals surface area contributed by atoms with E-state index in [1.807, 2.05) is 32.0 Å². The molecule has 34 heavy (non-hydrogen) atoms. The van der Waals surface area contributed by atoms with Gasteiger partial charge in [0.05, 0.1) is 0 Å². The molecule has 2 aromatic rings. The van der Waals surface area contributed by atoms with Crippen molar-refractivity contribution in [3.8, 4) is 11.5 Å². The highest BCUT2D eigenvalue weighted by molar-refractivity contribution is 5.44. The highest BCUT2D eigenvalue weighted by Gasteiger charge is 2.14. The molecule has 0 radical (unpaired) electrons. The third-order valence-corrected chi connectivity index (χ3v) is 6.34. The molecule has 0 atom stereocenters. The van der Waals surface area contributed by atoms with Crippen LogP contribution in [-0.4, -0.2) is 52.7 Å². The van der Waals surface area contributed by atoms with Crippen LogP contribution >= 0.6 is 0 Å². The van der Waals surface area contributed by atoms with Crippen LogP contribution in [0.2, 0.25) is 0 Å².